The summed E-state index contributed by atoms with van der Waals surface area (Å²) in [7, 11) is 0. The topological polar surface area (TPSA) is 30.5 Å². The second kappa shape index (κ2) is 30.7. The monoisotopic (exact) mass is 1410 g/mol. The van der Waals surface area contributed by atoms with Gasteiger partial charge in [0.25, 0.3) is 0 Å². The van der Waals surface area contributed by atoms with Gasteiger partial charge in [-0.2, -0.15) is 0 Å². The van der Waals surface area contributed by atoms with E-state index in [1.165, 1.54) is 143 Å². The van der Waals surface area contributed by atoms with Crippen molar-refractivity contribution in [2.75, 3.05) is 33.5 Å². The third-order valence-corrected chi connectivity index (χ3v) is 20.4. The zero-order valence-corrected chi connectivity index (χ0v) is 60.1. The van der Waals surface area contributed by atoms with Crippen molar-refractivity contribution < 1.29 is 0 Å². The quantitative estimate of drug-likeness (QED) is 0.0590. The number of hydrogen-bond donors (Lipinski definition) is 2. The maximum Gasteiger partial charge on any atom is 0.0462 e. The molecule has 0 saturated heterocycles. The molecule has 0 radical (unpaired) electrons. The van der Waals surface area contributed by atoms with E-state index in [1.54, 1.807) is 0 Å². The molecule has 99 heavy (non-hydrogen) atoms. The lowest BCUT2D eigenvalue weighted by atomic mass is 9.84. The van der Waals surface area contributed by atoms with Crippen molar-refractivity contribution in [3.8, 4) is 77.9 Å². The minimum Gasteiger partial charge on any atom is -0.385 e. The van der Waals surface area contributed by atoms with Crippen molar-refractivity contribution >= 4 is 98.9 Å². The Bertz CT molecular complexity index is 4940. The molecule has 0 amide bonds. The molecule has 0 aliphatic heterocycles. The summed E-state index contributed by atoms with van der Waals surface area (Å²) in [6.07, 6.45) is 8.46. The summed E-state index contributed by atoms with van der Waals surface area (Å²) >= 11 is 7.25. The second-order valence-electron chi connectivity index (χ2n) is 26.1. The van der Waals surface area contributed by atoms with Gasteiger partial charge >= 0.3 is 0 Å². The number of rotatable bonds is 24. The van der Waals surface area contributed by atoms with Gasteiger partial charge in [0.15, 0.2) is 0 Å². The number of anilines is 8. The summed E-state index contributed by atoms with van der Waals surface area (Å²) in [4.78, 5) is 4.75. The van der Waals surface area contributed by atoms with Gasteiger partial charge in [-0.15, -0.1) is 0 Å². The van der Waals surface area contributed by atoms with Crippen molar-refractivity contribution in [1.29, 1.82) is 0 Å². The SMILES string of the molecule is CCCCCCCCNc1cc(-c2ccc(N(c3ccc(-c4ccc(C)cc4)cc3)c3ccc(-c4ccc(Br)cc4)cc3)cc2)c2ccccc2c1-c1c(C)cc(-c2ccc(N(c3ccc(-c4ccc(Br)cc4)cc3)c3ccc(-c4ccc(NCCC)cc4)cc3)cc2)c2ccccc12. The minimum absolute atomic E-state index is 0.886. The zero-order chi connectivity index (χ0) is 67.6. The smallest absolute Gasteiger partial charge is 0.0462 e. The third kappa shape index (κ3) is 14.8. The lowest BCUT2D eigenvalue weighted by molar-refractivity contribution is 0.617. The van der Waals surface area contributed by atoms with E-state index >= 15 is 0 Å². The van der Waals surface area contributed by atoms with Crippen molar-refractivity contribution in [2.45, 2.75) is 72.6 Å². The number of halogens is 2. The number of fused-ring (bicyclic) bond motifs is 2. The number of unbranched alkanes of at least 4 members (excludes halogenated alkanes) is 5. The molecule has 6 heteroatoms. The number of benzene rings is 14. The van der Waals surface area contributed by atoms with Gasteiger partial charge in [-0.3, -0.25) is 0 Å². The Balaban J connectivity index is 0.826. The van der Waals surface area contributed by atoms with Gasteiger partial charge in [0.1, 0.15) is 0 Å². The highest BCUT2D eigenvalue weighted by molar-refractivity contribution is 9.10. The average Bonchev–Trinajstić information content (AvgIpc) is 0.736. The van der Waals surface area contributed by atoms with E-state index in [0.29, 0.717) is 0 Å². The van der Waals surface area contributed by atoms with Crippen LogP contribution in [0.2, 0.25) is 0 Å². The van der Waals surface area contributed by atoms with Gasteiger partial charge < -0.3 is 20.4 Å². The van der Waals surface area contributed by atoms with Crippen molar-refractivity contribution in [3.05, 3.63) is 323 Å². The first kappa shape index (κ1) is 66.0. The van der Waals surface area contributed by atoms with Gasteiger partial charge in [0.05, 0.1) is 0 Å². The minimum atomic E-state index is 0.886. The lowest BCUT2D eigenvalue weighted by Gasteiger charge is -2.26. The molecule has 14 rings (SSSR count). The molecule has 0 heterocycles. The molecule has 0 aliphatic carbocycles. The molecule has 2 N–H and O–H groups in total. The predicted molar refractivity (Wildman–Crippen MR) is 434 cm³/mol. The molecule has 4 nitrogen and oxygen atoms in total. The summed E-state index contributed by atoms with van der Waals surface area (Å²) in [5.74, 6) is 0. The van der Waals surface area contributed by atoms with E-state index in [4.69, 9.17) is 0 Å². The maximum absolute atomic E-state index is 4.11. The van der Waals surface area contributed by atoms with Crippen LogP contribution in [-0.4, -0.2) is 13.1 Å². The zero-order valence-electron chi connectivity index (χ0n) is 56.9. The second-order valence-corrected chi connectivity index (χ2v) is 27.9. The Labute approximate surface area is 602 Å². The third-order valence-electron chi connectivity index (χ3n) is 19.3. The molecule has 0 bridgehead atoms. The van der Waals surface area contributed by atoms with Gasteiger partial charge in [-0.1, -0.05) is 271 Å². The molecule has 0 saturated carbocycles. The van der Waals surface area contributed by atoms with Crippen LogP contribution < -0.4 is 20.4 Å². The van der Waals surface area contributed by atoms with E-state index < -0.39 is 0 Å². The molecule has 488 valence electrons. The largest absolute Gasteiger partial charge is 0.385 e. The molecule has 14 aromatic rings. The predicted octanol–water partition coefficient (Wildman–Crippen LogP) is 28.3. The Hall–Kier alpha value is -10.2. The fraction of sp³-hybridized carbons (Fsp3) is 0.140. The van der Waals surface area contributed by atoms with Crippen LogP contribution in [0.15, 0.2) is 312 Å². The van der Waals surface area contributed by atoms with Crippen LogP contribution in [0.5, 0.6) is 0 Å². The van der Waals surface area contributed by atoms with Crippen LogP contribution >= 0.6 is 31.9 Å². The molecule has 14 aromatic carbocycles. The highest BCUT2D eigenvalue weighted by Gasteiger charge is 2.23. The number of aryl methyl sites for hydroxylation is 2. The molecule has 0 atom stereocenters. The van der Waals surface area contributed by atoms with Crippen molar-refractivity contribution in [2.24, 2.45) is 0 Å². The van der Waals surface area contributed by atoms with Gasteiger partial charge in [-0.25, -0.2) is 0 Å². The molecule has 0 spiro atoms. The Kier molecular flexibility index (Phi) is 20.5. The molecular formula is C93H82Br2N4. The molecule has 0 aliphatic rings. The number of nitrogens with zero attached hydrogens (tertiary/aromatic N) is 2. The summed E-state index contributed by atoms with van der Waals surface area (Å²) in [6.45, 7) is 10.8. The summed E-state index contributed by atoms with van der Waals surface area (Å²) in [6, 6.07) is 112. The fourth-order valence-electron chi connectivity index (χ4n) is 14.0. The van der Waals surface area contributed by atoms with Crippen LogP contribution in [0.3, 0.4) is 0 Å². The molecule has 0 fully saturated rings. The Morgan fingerprint density at radius 1 is 0.283 bits per heavy atom. The standard InChI is InChI=1S/C93H82Br2N4/c1-5-7-8-9-10-15-61-97-91-63-90(75-40-58-84(59-41-75)99(79-48-30-70(31-49-79)66-22-20-64(3)21-23-66)81-52-34-72(35-53-81)68-26-44-77(95)45-27-68)86-17-12-14-19-88(86)93(91)92-65(4)62-89(85-16-11-13-18-87(85)92)74-38-56-83(57-39-74)98(80-50-32-71(33-51-80)67-24-42-76(94)43-25-67)82-54-36-73(37-55-82)69-28-46-78(47-29-69)96-60-6-2/h11-14,16-59,62-63,96-97H,5-10,15,60-61H2,1-4H3. The first-order valence-electron chi connectivity index (χ1n) is 35.1. The highest BCUT2D eigenvalue weighted by Crippen LogP contribution is 2.49. The highest BCUT2D eigenvalue weighted by atomic mass is 79.9. The van der Waals surface area contributed by atoms with E-state index in [9.17, 15) is 0 Å². The first-order valence-corrected chi connectivity index (χ1v) is 36.7. The van der Waals surface area contributed by atoms with Gasteiger partial charge in [-0.05, 0) is 241 Å². The van der Waals surface area contributed by atoms with Crippen LogP contribution in [0, 0.1) is 13.8 Å². The molecule has 0 aromatic heterocycles. The fourth-order valence-corrected chi connectivity index (χ4v) is 14.5. The lowest BCUT2D eigenvalue weighted by Crippen LogP contribution is -2.10. The number of hydrogen-bond acceptors (Lipinski definition) is 4. The summed E-state index contributed by atoms with van der Waals surface area (Å²) in [5, 5.41) is 12.5. The number of nitrogens with one attached hydrogen (secondary N) is 2. The van der Waals surface area contributed by atoms with Crippen LogP contribution in [0.4, 0.5) is 45.5 Å². The van der Waals surface area contributed by atoms with E-state index in [2.05, 4.69) is 383 Å². The average molecular weight is 1420 g/mol. The van der Waals surface area contributed by atoms with Crippen molar-refractivity contribution in [1.82, 2.24) is 0 Å². The van der Waals surface area contributed by atoms with Gasteiger partial charge in [0.2, 0.25) is 0 Å². The van der Waals surface area contributed by atoms with Crippen LogP contribution in [0.1, 0.15) is 69.9 Å². The van der Waals surface area contributed by atoms with Gasteiger partial charge in [0, 0.05) is 73.1 Å². The van der Waals surface area contributed by atoms with E-state index in [-0.39, 0.29) is 0 Å². The Morgan fingerprint density at radius 2 is 0.606 bits per heavy atom. The van der Waals surface area contributed by atoms with E-state index in [0.717, 1.165) is 80.4 Å². The van der Waals surface area contributed by atoms with E-state index in [1.807, 2.05) is 0 Å². The molecule has 0 unspecified atom stereocenters. The molecular weight excluding hydrogens is 1330 g/mol. The van der Waals surface area contributed by atoms with Crippen LogP contribution in [-0.2, 0) is 0 Å². The summed E-state index contributed by atoms with van der Waals surface area (Å²) in [5.41, 5.74) is 28.0. The first-order chi connectivity index (χ1) is 48.6. The van der Waals surface area contributed by atoms with Crippen molar-refractivity contribution in [3.63, 3.8) is 0 Å². The normalized spacial score (nSPS) is 11.3. The summed E-state index contributed by atoms with van der Waals surface area (Å²) < 4.78 is 2.14. The maximum atomic E-state index is 4.11. The van der Waals surface area contributed by atoms with Crippen LogP contribution in [0.25, 0.3) is 99.4 Å². The Morgan fingerprint density at radius 3 is 1.00 bits per heavy atom.